The molecular formula is C14H8Cl2O3. The van der Waals surface area contributed by atoms with Crippen molar-refractivity contribution in [3.63, 3.8) is 0 Å². The number of aromatic hydroxyl groups is 1. The molecule has 3 nitrogen and oxygen atoms in total. The molecule has 3 rings (SSSR count). The summed E-state index contributed by atoms with van der Waals surface area (Å²) in [5, 5.41) is 19.2. The molecule has 2 aromatic rings. The molecule has 1 aliphatic rings. The molecule has 5 heteroatoms. The lowest BCUT2D eigenvalue weighted by atomic mass is 10.00. The highest BCUT2D eigenvalue weighted by molar-refractivity contribution is 6.45. The van der Waals surface area contributed by atoms with Gasteiger partial charge in [0.15, 0.2) is 5.75 Å². The number of aromatic carboxylic acids is 1. The third-order valence-corrected chi connectivity index (χ3v) is 4.17. The van der Waals surface area contributed by atoms with Gasteiger partial charge in [0.2, 0.25) is 0 Å². The van der Waals surface area contributed by atoms with Crippen molar-refractivity contribution >= 4 is 29.2 Å². The number of fused-ring (bicyclic) bond motifs is 3. The lowest BCUT2D eigenvalue weighted by molar-refractivity contribution is 0.0693. The lowest BCUT2D eigenvalue weighted by Gasteiger charge is -2.11. The molecule has 0 aromatic heterocycles. The zero-order valence-corrected chi connectivity index (χ0v) is 11.1. The van der Waals surface area contributed by atoms with Crippen LogP contribution in [-0.4, -0.2) is 16.2 Å². The van der Waals surface area contributed by atoms with Crippen LogP contribution in [0.4, 0.5) is 0 Å². The van der Waals surface area contributed by atoms with Gasteiger partial charge in [0, 0.05) is 5.56 Å². The average molecular weight is 295 g/mol. The lowest BCUT2D eigenvalue weighted by Crippen LogP contribution is -2.03. The minimum absolute atomic E-state index is 0.116. The van der Waals surface area contributed by atoms with Crippen LogP contribution in [0.1, 0.15) is 21.5 Å². The summed E-state index contributed by atoms with van der Waals surface area (Å²) in [6.07, 6.45) is 0.428. The smallest absolute Gasteiger partial charge is 0.339 e. The summed E-state index contributed by atoms with van der Waals surface area (Å²) in [5.41, 5.74) is 2.80. The van der Waals surface area contributed by atoms with Crippen molar-refractivity contribution in [1.29, 1.82) is 0 Å². The van der Waals surface area contributed by atoms with Crippen LogP contribution in [0.25, 0.3) is 11.1 Å². The fourth-order valence-corrected chi connectivity index (χ4v) is 3.01. The molecule has 2 aromatic carbocycles. The Kier molecular flexibility index (Phi) is 2.69. The van der Waals surface area contributed by atoms with E-state index in [1.807, 2.05) is 24.3 Å². The molecule has 0 saturated carbocycles. The molecule has 0 spiro atoms. The fourth-order valence-electron chi connectivity index (χ4n) is 2.52. The van der Waals surface area contributed by atoms with E-state index in [1.54, 1.807) is 0 Å². The predicted molar refractivity (Wildman–Crippen MR) is 73.3 cm³/mol. The van der Waals surface area contributed by atoms with Gasteiger partial charge in [-0.05, 0) is 23.1 Å². The first-order chi connectivity index (χ1) is 9.02. The highest BCUT2D eigenvalue weighted by atomic mass is 35.5. The van der Waals surface area contributed by atoms with Crippen molar-refractivity contribution in [3.8, 4) is 16.9 Å². The van der Waals surface area contributed by atoms with Crippen LogP contribution in [-0.2, 0) is 6.42 Å². The largest absolute Gasteiger partial charge is 0.505 e. The minimum Gasteiger partial charge on any atom is -0.505 e. The van der Waals surface area contributed by atoms with Gasteiger partial charge in [0.25, 0.3) is 0 Å². The van der Waals surface area contributed by atoms with E-state index >= 15 is 0 Å². The van der Waals surface area contributed by atoms with Crippen LogP contribution in [0.3, 0.4) is 0 Å². The Hall–Kier alpha value is -1.71. The average Bonchev–Trinajstić information content (AvgIpc) is 2.74. The molecule has 0 aliphatic heterocycles. The summed E-state index contributed by atoms with van der Waals surface area (Å²) in [6.45, 7) is 0. The number of benzene rings is 2. The third-order valence-electron chi connectivity index (χ3n) is 3.33. The van der Waals surface area contributed by atoms with Gasteiger partial charge in [-0.1, -0.05) is 47.5 Å². The highest BCUT2D eigenvalue weighted by Gasteiger charge is 2.31. The number of carboxylic acids is 1. The standard InChI is InChI=1S/C14H8Cl2O3/c15-11-9-7-4-2-1-3-6(7)5-8(9)10(14(18)19)13(17)12(11)16/h1-4,17H,5H2,(H,18,19). The minimum atomic E-state index is -1.21. The first-order valence-corrected chi connectivity index (χ1v) is 6.32. The van der Waals surface area contributed by atoms with E-state index < -0.39 is 11.7 Å². The molecule has 0 saturated heterocycles. The Morgan fingerprint density at radius 2 is 1.84 bits per heavy atom. The van der Waals surface area contributed by atoms with Crippen LogP contribution < -0.4 is 0 Å². The Balaban J connectivity index is 2.43. The number of hydrogen-bond donors (Lipinski definition) is 2. The first kappa shape index (κ1) is 12.3. The summed E-state index contributed by atoms with van der Waals surface area (Å²) in [6, 6.07) is 7.50. The summed E-state index contributed by atoms with van der Waals surface area (Å²) in [5.74, 6) is -1.68. The second-order valence-electron chi connectivity index (χ2n) is 4.34. The van der Waals surface area contributed by atoms with Crippen molar-refractivity contribution in [2.24, 2.45) is 0 Å². The summed E-state index contributed by atoms with van der Waals surface area (Å²) >= 11 is 12.1. The number of halogens is 2. The second-order valence-corrected chi connectivity index (χ2v) is 5.10. The molecule has 0 heterocycles. The normalized spacial score (nSPS) is 12.1. The zero-order valence-electron chi connectivity index (χ0n) is 9.58. The molecule has 19 heavy (non-hydrogen) atoms. The molecule has 2 N–H and O–H groups in total. The summed E-state index contributed by atoms with van der Waals surface area (Å²) in [7, 11) is 0. The van der Waals surface area contributed by atoms with Crippen LogP contribution in [0.2, 0.25) is 10.0 Å². The van der Waals surface area contributed by atoms with Gasteiger partial charge in [-0.25, -0.2) is 4.79 Å². The highest BCUT2D eigenvalue weighted by Crippen LogP contribution is 2.49. The van der Waals surface area contributed by atoms with Gasteiger partial charge in [0.1, 0.15) is 10.6 Å². The van der Waals surface area contributed by atoms with Crippen LogP contribution in [0.5, 0.6) is 5.75 Å². The molecule has 0 unspecified atom stereocenters. The SMILES string of the molecule is O=C(O)c1c(O)c(Cl)c(Cl)c2c1Cc1ccccc1-2. The fraction of sp³-hybridized carbons (Fsp3) is 0.0714. The number of carbonyl (C=O) groups is 1. The monoisotopic (exact) mass is 294 g/mol. The Bertz CT molecular complexity index is 723. The van der Waals surface area contributed by atoms with E-state index in [2.05, 4.69) is 0 Å². The van der Waals surface area contributed by atoms with E-state index in [0.29, 0.717) is 17.5 Å². The van der Waals surface area contributed by atoms with Crippen LogP contribution in [0.15, 0.2) is 24.3 Å². The predicted octanol–water partition coefficient (Wildman–Crippen LogP) is 3.97. The molecule has 0 bridgehead atoms. The Morgan fingerprint density at radius 1 is 1.16 bits per heavy atom. The van der Waals surface area contributed by atoms with Crippen LogP contribution >= 0.6 is 23.2 Å². The van der Waals surface area contributed by atoms with Crippen molar-refractivity contribution in [1.82, 2.24) is 0 Å². The van der Waals surface area contributed by atoms with Gasteiger partial charge in [-0.2, -0.15) is 0 Å². The van der Waals surface area contributed by atoms with Gasteiger partial charge in [0.05, 0.1) is 5.02 Å². The maximum Gasteiger partial charge on any atom is 0.339 e. The van der Waals surface area contributed by atoms with Crippen molar-refractivity contribution in [2.45, 2.75) is 6.42 Å². The van der Waals surface area contributed by atoms with Gasteiger partial charge < -0.3 is 10.2 Å². The topological polar surface area (TPSA) is 57.5 Å². The second kappa shape index (κ2) is 4.15. The van der Waals surface area contributed by atoms with E-state index in [1.165, 1.54) is 0 Å². The molecule has 0 fully saturated rings. The summed E-state index contributed by atoms with van der Waals surface area (Å²) < 4.78 is 0. The van der Waals surface area contributed by atoms with E-state index in [-0.39, 0.29) is 15.6 Å². The molecule has 96 valence electrons. The number of rotatable bonds is 1. The molecule has 1 aliphatic carbocycles. The maximum absolute atomic E-state index is 11.3. The maximum atomic E-state index is 11.3. The Labute approximate surface area is 119 Å². The molecule has 0 amide bonds. The first-order valence-electron chi connectivity index (χ1n) is 5.56. The van der Waals surface area contributed by atoms with Crippen LogP contribution in [0, 0.1) is 0 Å². The van der Waals surface area contributed by atoms with Gasteiger partial charge in [-0.15, -0.1) is 0 Å². The van der Waals surface area contributed by atoms with Crippen molar-refractivity contribution < 1.29 is 15.0 Å². The van der Waals surface area contributed by atoms with E-state index in [4.69, 9.17) is 23.2 Å². The molecule has 0 atom stereocenters. The van der Waals surface area contributed by atoms with Crippen molar-refractivity contribution in [3.05, 3.63) is 51.0 Å². The molecular weight excluding hydrogens is 287 g/mol. The van der Waals surface area contributed by atoms with Crippen molar-refractivity contribution in [2.75, 3.05) is 0 Å². The quantitative estimate of drug-likeness (QED) is 0.714. The zero-order chi connectivity index (χ0) is 13.7. The third kappa shape index (κ3) is 1.62. The van der Waals surface area contributed by atoms with E-state index in [0.717, 1.165) is 11.1 Å². The van der Waals surface area contributed by atoms with Gasteiger partial charge >= 0.3 is 5.97 Å². The summed E-state index contributed by atoms with van der Waals surface area (Å²) in [4.78, 5) is 11.3. The number of hydrogen-bond acceptors (Lipinski definition) is 2. The molecule has 0 radical (unpaired) electrons. The number of carboxylic acid groups (broad SMARTS) is 1. The van der Waals surface area contributed by atoms with E-state index in [9.17, 15) is 15.0 Å². The van der Waals surface area contributed by atoms with Gasteiger partial charge in [-0.3, -0.25) is 0 Å². The Morgan fingerprint density at radius 3 is 2.53 bits per heavy atom. The number of phenols is 1.